The second kappa shape index (κ2) is 8.48. The second-order valence-electron chi connectivity index (χ2n) is 5.09. The highest BCUT2D eigenvalue weighted by Crippen LogP contribution is 2.18. The average Bonchev–Trinajstić information content (AvgIpc) is 2.47. The lowest BCUT2D eigenvalue weighted by atomic mass is 10.1. The Morgan fingerprint density at radius 2 is 1.90 bits per heavy atom. The number of benzene rings is 1. The van der Waals surface area contributed by atoms with Crippen molar-refractivity contribution in [3.8, 4) is 0 Å². The monoisotopic (exact) mass is 314 g/mol. The Bertz CT molecular complexity index is 531. The third-order valence-corrected chi connectivity index (χ3v) is 5.56. The van der Waals surface area contributed by atoms with Gasteiger partial charge in [-0.15, -0.1) is 0 Å². The molecule has 1 aromatic rings. The summed E-state index contributed by atoms with van der Waals surface area (Å²) in [7, 11) is -1.82. The standard InChI is InChI=1S/C15H26N2O3S/c1-4-13(2)17(9-10-20-3)21(18,19)12-15-8-6-5-7-14(15)11-16/h5-8,13H,4,9-12,16H2,1-3H3. The molecule has 120 valence electrons. The summed E-state index contributed by atoms with van der Waals surface area (Å²) >= 11 is 0. The number of rotatable bonds is 9. The van der Waals surface area contributed by atoms with E-state index >= 15 is 0 Å². The number of hydrogen-bond donors (Lipinski definition) is 1. The Hall–Kier alpha value is -0.950. The average molecular weight is 314 g/mol. The van der Waals surface area contributed by atoms with Gasteiger partial charge in [-0.3, -0.25) is 0 Å². The summed E-state index contributed by atoms with van der Waals surface area (Å²) in [6.45, 7) is 5.00. The first-order valence-electron chi connectivity index (χ1n) is 7.21. The summed E-state index contributed by atoms with van der Waals surface area (Å²) in [5, 5.41) is 0. The largest absolute Gasteiger partial charge is 0.383 e. The Kier molecular flexibility index (Phi) is 7.31. The summed E-state index contributed by atoms with van der Waals surface area (Å²) in [5.74, 6) is -0.0194. The van der Waals surface area contributed by atoms with Gasteiger partial charge in [-0.2, -0.15) is 4.31 Å². The molecule has 1 aromatic carbocycles. The molecule has 5 nitrogen and oxygen atoms in total. The summed E-state index contributed by atoms with van der Waals surface area (Å²) in [6.07, 6.45) is 0.765. The molecule has 21 heavy (non-hydrogen) atoms. The fourth-order valence-corrected chi connectivity index (χ4v) is 4.09. The molecule has 0 heterocycles. The molecule has 0 radical (unpaired) electrons. The normalized spacial score (nSPS) is 13.6. The molecule has 6 heteroatoms. The first-order valence-corrected chi connectivity index (χ1v) is 8.82. The van der Waals surface area contributed by atoms with Crippen LogP contribution in [0, 0.1) is 0 Å². The topological polar surface area (TPSA) is 72.6 Å². The minimum absolute atomic E-state index is 0.0194. The zero-order valence-corrected chi connectivity index (χ0v) is 13.9. The highest BCUT2D eigenvalue weighted by molar-refractivity contribution is 7.88. The number of nitrogens with two attached hydrogens (primary N) is 1. The van der Waals surface area contributed by atoms with E-state index in [1.807, 2.05) is 38.1 Å². The molecule has 2 N–H and O–H groups in total. The van der Waals surface area contributed by atoms with Crippen LogP contribution in [0.5, 0.6) is 0 Å². The molecular formula is C15H26N2O3S. The first-order chi connectivity index (χ1) is 9.96. The maximum Gasteiger partial charge on any atom is 0.218 e. The van der Waals surface area contributed by atoms with E-state index in [9.17, 15) is 8.42 Å². The maximum absolute atomic E-state index is 12.7. The van der Waals surface area contributed by atoms with Crippen LogP contribution < -0.4 is 5.73 Å². The van der Waals surface area contributed by atoms with E-state index in [1.54, 1.807) is 7.11 Å². The predicted octanol–water partition coefficient (Wildman–Crippen LogP) is 1.72. The highest BCUT2D eigenvalue weighted by Gasteiger charge is 2.26. The lowest BCUT2D eigenvalue weighted by Gasteiger charge is -2.27. The summed E-state index contributed by atoms with van der Waals surface area (Å²) in [5.41, 5.74) is 7.32. The van der Waals surface area contributed by atoms with Crippen LogP contribution in [0.4, 0.5) is 0 Å². The van der Waals surface area contributed by atoms with E-state index in [1.165, 1.54) is 4.31 Å². The Morgan fingerprint density at radius 1 is 1.29 bits per heavy atom. The third-order valence-electron chi connectivity index (χ3n) is 3.63. The van der Waals surface area contributed by atoms with Gasteiger partial charge in [-0.1, -0.05) is 31.2 Å². The SMILES string of the molecule is CCC(C)N(CCOC)S(=O)(=O)Cc1ccccc1CN. The van der Waals surface area contributed by atoms with Crippen molar-refractivity contribution in [2.45, 2.75) is 38.6 Å². The van der Waals surface area contributed by atoms with E-state index in [0.29, 0.717) is 19.7 Å². The second-order valence-corrected chi connectivity index (χ2v) is 7.01. The van der Waals surface area contributed by atoms with E-state index in [0.717, 1.165) is 17.5 Å². The van der Waals surface area contributed by atoms with Crippen LogP contribution in [0.2, 0.25) is 0 Å². The number of methoxy groups -OCH3 is 1. The highest BCUT2D eigenvalue weighted by atomic mass is 32.2. The van der Waals surface area contributed by atoms with Gasteiger partial charge in [0.05, 0.1) is 12.4 Å². The van der Waals surface area contributed by atoms with Crippen LogP contribution in [0.25, 0.3) is 0 Å². The van der Waals surface area contributed by atoms with Gasteiger partial charge in [-0.25, -0.2) is 8.42 Å². The van der Waals surface area contributed by atoms with E-state index < -0.39 is 10.0 Å². The molecule has 0 amide bonds. The fourth-order valence-electron chi connectivity index (χ4n) is 2.20. The number of sulfonamides is 1. The van der Waals surface area contributed by atoms with Gasteiger partial charge >= 0.3 is 0 Å². The van der Waals surface area contributed by atoms with Crippen molar-refractivity contribution in [3.05, 3.63) is 35.4 Å². The molecule has 0 bridgehead atoms. The number of hydrogen-bond acceptors (Lipinski definition) is 4. The molecule has 1 unspecified atom stereocenters. The third kappa shape index (κ3) is 5.07. The molecule has 0 spiro atoms. The molecule has 0 aliphatic rings. The Balaban J connectivity index is 3.00. The van der Waals surface area contributed by atoms with Gasteiger partial charge in [0, 0.05) is 26.2 Å². The van der Waals surface area contributed by atoms with Crippen LogP contribution in [0.1, 0.15) is 31.4 Å². The molecule has 0 aromatic heterocycles. The maximum atomic E-state index is 12.7. The summed E-state index contributed by atoms with van der Waals surface area (Å²) in [4.78, 5) is 0. The van der Waals surface area contributed by atoms with E-state index in [4.69, 9.17) is 10.5 Å². The molecule has 0 fully saturated rings. The minimum atomic E-state index is -3.39. The van der Waals surface area contributed by atoms with E-state index in [2.05, 4.69) is 0 Å². The van der Waals surface area contributed by atoms with Gasteiger partial charge < -0.3 is 10.5 Å². The molecule has 0 saturated heterocycles. The Morgan fingerprint density at radius 3 is 2.43 bits per heavy atom. The van der Waals surface area contributed by atoms with Crippen LogP contribution in [-0.2, 0) is 27.1 Å². The van der Waals surface area contributed by atoms with Crippen molar-refractivity contribution in [3.63, 3.8) is 0 Å². The van der Waals surface area contributed by atoms with Crippen LogP contribution >= 0.6 is 0 Å². The fraction of sp³-hybridized carbons (Fsp3) is 0.600. The van der Waals surface area contributed by atoms with Crippen molar-refractivity contribution in [2.24, 2.45) is 5.73 Å². The molecule has 0 aliphatic carbocycles. The van der Waals surface area contributed by atoms with Crippen LogP contribution in [-0.4, -0.2) is 39.0 Å². The van der Waals surface area contributed by atoms with Crippen LogP contribution in [0.15, 0.2) is 24.3 Å². The lowest BCUT2D eigenvalue weighted by Crippen LogP contribution is -2.41. The molecular weight excluding hydrogens is 288 g/mol. The molecule has 0 saturated carbocycles. The van der Waals surface area contributed by atoms with Gasteiger partial charge in [0.15, 0.2) is 0 Å². The first kappa shape index (κ1) is 18.1. The predicted molar refractivity (Wildman–Crippen MR) is 85.3 cm³/mol. The molecule has 0 aliphatic heterocycles. The van der Waals surface area contributed by atoms with Crippen molar-refractivity contribution in [1.82, 2.24) is 4.31 Å². The quantitative estimate of drug-likeness (QED) is 0.753. The smallest absolute Gasteiger partial charge is 0.218 e. The zero-order valence-electron chi connectivity index (χ0n) is 13.1. The van der Waals surface area contributed by atoms with Crippen molar-refractivity contribution in [1.29, 1.82) is 0 Å². The minimum Gasteiger partial charge on any atom is -0.383 e. The van der Waals surface area contributed by atoms with Gasteiger partial charge in [0.1, 0.15) is 0 Å². The summed E-state index contributed by atoms with van der Waals surface area (Å²) < 4.78 is 32.0. The van der Waals surface area contributed by atoms with Crippen molar-refractivity contribution >= 4 is 10.0 Å². The van der Waals surface area contributed by atoms with E-state index in [-0.39, 0.29) is 11.8 Å². The molecule has 1 rings (SSSR count). The van der Waals surface area contributed by atoms with Crippen molar-refractivity contribution < 1.29 is 13.2 Å². The van der Waals surface area contributed by atoms with Gasteiger partial charge in [0.2, 0.25) is 10.0 Å². The van der Waals surface area contributed by atoms with Gasteiger partial charge in [-0.05, 0) is 24.5 Å². The Labute approximate surface area is 128 Å². The van der Waals surface area contributed by atoms with Gasteiger partial charge in [0.25, 0.3) is 0 Å². The van der Waals surface area contributed by atoms with Crippen molar-refractivity contribution in [2.75, 3.05) is 20.3 Å². The summed E-state index contributed by atoms with van der Waals surface area (Å²) in [6, 6.07) is 7.36. The zero-order chi connectivity index (χ0) is 15.9. The number of ether oxygens (including phenoxy) is 1. The van der Waals surface area contributed by atoms with Crippen LogP contribution in [0.3, 0.4) is 0 Å². The molecule has 1 atom stereocenters. The number of nitrogens with zero attached hydrogens (tertiary/aromatic N) is 1. The lowest BCUT2D eigenvalue weighted by molar-refractivity contribution is 0.167.